The Morgan fingerprint density at radius 2 is 1.89 bits per heavy atom. The Balaban J connectivity index is 2.31. The van der Waals surface area contributed by atoms with Crippen LogP contribution in [0.1, 0.15) is 0 Å². The summed E-state index contributed by atoms with van der Waals surface area (Å²) in [5, 5.41) is 2.75. The molecule has 0 saturated carbocycles. The number of methoxy groups -OCH3 is 1. The Kier molecular flexibility index (Phi) is 4.10. The predicted molar refractivity (Wildman–Crippen MR) is 70.1 cm³/mol. The van der Waals surface area contributed by atoms with Gasteiger partial charge in [0.2, 0.25) is 5.95 Å². The highest BCUT2D eigenvalue weighted by atomic mass is 79.9. The second-order valence-electron chi connectivity index (χ2n) is 3.39. The summed E-state index contributed by atoms with van der Waals surface area (Å²) in [6, 6.07) is 4.25. The molecule has 8 heteroatoms. The quantitative estimate of drug-likeness (QED) is 0.930. The van der Waals surface area contributed by atoms with Gasteiger partial charge in [-0.25, -0.2) is 4.39 Å². The zero-order chi connectivity index (χ0) is 13.8. The van der Waals surface area contributed by atoms with Crippen molar-refractivity contribution in [3.63, 3.8) is 0 Å². The van der Waals surface area contributed by atoms with Gasteiger partial charge in [-0.2, -0.15) is 9.97 Å². The van der Waals surface area contributed by atoms with E-state index in [9.17, 15) is 4.39 Å². The Hall–Kier alpha value is -1.96. The second kappa shape index (κ2) is 5.79. The van der Waals surface area contributed by atoms with Gasteiger partial charge >= 0.3 is 12.0 Å². The summed E-state index contributed by atoms with van der Waals surface area (Å²) in [5.74, 6) is 0.124. The number of nitrogens with one attached hydrogen (secondary N) is 1. The summed E-state index contributed by atoms with van der Waals surface area (Å²) in [5.41, 5.74) is 0. The van der Waals surface area contributed by atoms with E-state index in [0.29, 0.717) is 4.47 Å². The molecule has 1 aromatic carbocycles. The molecule has 100 valence electrons. The molecule has 19 heavy (non-hydrogen) atoms. The highest BCUT2D eigenvalue weighted by Gasteiger charge is 2.09. The summed E-state index contributed by atoms with van der Waals surface area (Å²) < 4.78 is 24.1. The first-order chi connectivity index (χ1) is 9.10. The first-order valence-corrected chi connectivity index (χ1v) is 6.02. The van der Waals surface area contributed by atoms with Crippen molar-refractivity contribution in [1.29, 1.82) is 0 Å². The van der Waals surface area contributed by atoms with Crippen LogP contribution in [0.2, 0.25) is 0 Å². The van der Waals surface area contributed by atoms with Gasteiger partial charge in [0.05, 0.1) is 7.11 Å². The first kappa shape index (κ1) is 13.5. The molecule has 0 amide bonds. The lowest BCUT2D eigenvalue weighted by Crippen LogP contribution is -2.03. The number of halogens is 2. The molecule has 0 aliphatic rings. The van der Waals surface area contributed by atoms with Crippen LogP contribution in [0.4, 0.5) is 10.3 Å². The number of rotatable bonds is 4. The fourth-order valence-corrected chi connectivity index (χ4v) is 1.72. The summed E-state index contributed by atoms with van der Waals surface area (Å²) in [6.07, 6.45) is 0. The van der Waals surface area contributed by atoms with E-state index in [-0.39, 0.29) is 23.7 Å². The first-order valence-electron chi connectivity index (χ1n) is 5.22. The van der Waals surface area contributed by atoms with Crippen LogP contribution in [-0.4, -0.2) is 29.1 Å². The molecule has 0 aliphatic carbocycles. The summed E-state index contributed by atoms with van der Waals surface area (Å²) >= 11 is 3.17. The summed E-state index contributed by atoms with van der Waals surface area (Å²) in [7, 11) is 3.08. The smallest absolute Gasteiger partial charge is 0.330 e. The molecule has 2 aromatic rings. The Labute approximate surface area is 117 Å². The average molecular weight is 329 g/mol. The van der Waals surface area contributed by atoms with Crippen molar-refractivity contribution in [3.8, 4) is 17.8 Å². The van der Waals surface area contributed by atoms with Gasteiger partial charge in [0.15, 0.2) is 0 Å². The lowest BCUT2D eigenvalue weighted by Gasteiger charge is -2.07. The predicted octanol–water partition coefficient (Wildman–Crippen LogP) is 2.62. The van der Waals surface area contributed by atoms with Crippen molar-refractivity contribution in [2.24, 2.45) is 0 Å². The SMILES string of the molecule is CNc1nc(OC)nc(Oc2cc(F)cc(Br)c2)n1. The minimum absolute atomic E-state index is 0.00806. The number of benzene rings is 1. The molecule has 0 fully saturated rings. The van der Waals surface area contributed by atoms with Crippen molar-refractivity contribution in [2.45, 2.75) is 0 Å². The van der Waals surface area contributed by atoms with Crippen LogP contribution in [0.15, 0.2) is 22.7 Å². The lowest BCUT2D eigenvalue weighted by atomic mass is 10.3. The molecule has 2 rings (SSSR count). The third-order valence-electron chi connectivity index (χ3n) is 2.05. The van der Waals surface area contributed by atoms with E-state index in [2.05, 4.69) is 36.2 Å². The maximum absolute atomic E-state index is 13.2. The van der Waals surface area contributed by atoms with E-state index in [4.69, 9.17) is 9.47 Å². The number of hydrogen-bond donors (Lipinski definition) is 1. The Morgan fingerprint density at radius 3 is 2.53 bits per heavy atom. The normalized spacial score (nSPS) is 10.1. The molecule has 1 heterocycles. The lowest BCUT2D eigenvalue weighted by molar-refractivity contribution is 0.360. The van der Waals surface area contributed by atoms with E-state index in [1.807, 2.05) is 0 Å². The maximum Gasteiger partial charge on any atom is 0.330 e. The van der Waals surface area contributed by atoms with E-state index < -0.39 is 5.82 Å². The van der Waals surface area contributed by atoms with Crippen LogP contribution in [0.3, 0.4) is 0 Å². The standard InChI is InChI=1S/C11H10BrFN4O2/c1-14-9-15-10(18-2)17-11(16-9)19-8-4-6(12)3-7(13)5-8/h3-5H,1-2H3,(H,14,15,16,17). The van der Waals surface area contributed by atoms with Crippen molar-refractivity contribution < 1.29 is 13.9 Å². The Bertz CT molecular complexity index is 554. The van der Waals surface area contributed by atoms with Gasteiger partial charge < -0.3 is 14.8 Å². The van der Waals surface area contributed by atoms with E-state index >= 15 is 0 Å². The third-order valence-corrected chi connectivity index (χ3v) is 2.50. The minimum atomic E-state index is -0.431. The highest BCUT2D eigenvalue weighted by Crippen LogP contribution is 2.25. The molecule has 0 bridgehead atoms. The molecule has 0 radical (unpaired) electrons. The van der Waals surface area contributed by atoms with Crippen LogP contribution < -0.4 is 14.8 Å². The molecule has 0 spiro atoms. The second-order valence-corrected chi connectivity index (χ2v) is 4.30. The molecular formula is C11H10BrFN4O2. The molecule has 1 N–H and O–H groups in total. The van der Waals surface area contributed by atoms with E-state index in [0.717, 1.165) is 0 Å². The van der Waals surface area contributed by atoms with Crippen LogP contribution in [0, 0.1) is 5.82 Å². The zero-order valence-electron chi connectivity index (χ0n) is 10.1. The average Bonchev–Trinajstić information content (AvgIpc) is 2.37. The largest absolute Gasteiger partial charge is 0.467 e. The summed E-state index contributed by atoms with van der Waals surface area (Å²) in [4.78, 5) is 11.8. The number of hydrogen-bond acceptors (Lipinski definition) is 6. The molecule has 1 aromatic heterocycles. The van der Waals surface area contributed by atoms with Crippen LogP contribution in [0.25, 0.3) is 0 Å². The highest BCUT2D eigenvalue weighted by molar-refractivity contribution is 9.10. The van der Waals surface area contributed by atoms with Gasteiger partial charge in [-0.05, 0) is 12.1 Å². The minimum Gasteiger partial charge on any atom is -0.467 e. The monoisotopic (exact) mass is 328 g/mol. The third kappa shape index (κ3) is 3.50. The van der Waals surface area contributed by atoms with Gasteiger partial charge in [0, 0.05) is 17.6 Å². The molecule has 0 unspecified atom stereocenters. The summed E-state index contributed by atoms with van der Waals surface area (Å²) in [6.45, 7) is 0. The molecule has 6 nitrogen and oxygen atoms in total. The van der Waals surface area contributed by atoms with Gasteiger partial charge in [-0.15, -0.1) is 4.98 Å². The molecule has 0 aliphatic heterocycles. The van der Waals surface area contributed by atoms with E-state index in [1.54, 1.807) is 13.1 Å². The van der Waals surface area contributed by atoms with Crippen molar-refractivity contribution in [3.05, 3.63) is 28.5 Å². The number of ether oxygens (including phenoxy) is 2. The zero-order valence-corrected chi connectivity index (χ0v) is 11.7. The fraction of sp³-hybridized carbons (Fsp3) is 0.182. The molecule has 0 atom stereocenters. The van der Waals surface area contributed by atoms with Crippen molar-refractivity contribution in [2.75, 3.05) is 19.5 Å². The fourth-order valence-electron chi connectivity index (χ4n) is 1.28. The van der Waals surface area contributed by atoms with Gasteiger partial charge in [-0.1, -0.05) is 15.9 Å². The van der Waals surface area contributed by atoms with Gasteiger partial charge in [0.1, 0.15) is 11.6 Å². The number of aromatic nitrogens is 3. The van der Waals surface area contributed by atoms with Crippen LogP contribution >= 0.6 is 15.9 Å². The van der Waals surface area contributed by atoms with Crippen molar-refractivity contribution >= 4 is 21.9 Å². The number of nitrogens with zero attached hydrogens (tertiary/aromatic N) is 3. The van der Waals surface area contributed by atoms with Crippen LogP contribution in [0.5, 0.6) is 17.8 Å². The topological polar surface area (TPSA) is 69.2 Å². The van der Waals surface area contributed by atoms with Crippen molar-refractivity contribution in [1.82, 2.24) is 15.0 Å². The Morgan fingerprint density at radius 1 is 1.16 bits per heavy atom. The maximum atomic E-state index is 13.2. The van der Waals surface area contributed by atoms with Crippen LogP contribution in [-0.2, 0) is 0 Å². The van der Waals surface area contributed by atoms with Gasteiger partial charge in [0.25, 0.3) is 0 Å². The molecular weight excluding hydrogens is 319 g/mol. The van der Waals surface area contributed by atoms with E-state index in [1.165, 1.54) is 19.2 Å². The van der Waals surface area contributed by atoms with Gasteiger partial charge in [-0.3, -0.25) is 0 Å². The number of anilines is 1. The molecule has 0 saturated heterocycles.